The molecule has 2 unspecified atom stereocenters. The van der Waals surface area contributed by atoms with Crippen LogP contribution in [-0.4, -0.2) is 16.1 Å². The Labute approximate surface area is 105 Å². The second-order valence-corrected chi connectivity index (χ2v) is 4.86. The van der Waals surface area contributed by atoms with Crippen LogP contribution in [0.1, 0.15) is 31.2 Å². The largest absolute Gasteiger partial charge is 0.393 e. The van der Waals surface area contributed by atoms with Crippen LogP contribution in [0.2, 0.25) is 0 Å². The second-order valence-electron chi connectivity index (χ2n) is 4.86. The van der Waals surface area contributed by atoms with E-state index in [0.717, 1.165) is 25.7 Å². The van der Waals surface area contributed by atoms with E-state index >= 15 is 0 Å². The van der Waals surface area contributed by atoms with Crippen LogP contribution in [0.25, 0.3) is 0 Å². The molecule has 4 nitrogen and oxygen atoms in total. The molecule has 1 aromatic carbocycles. The van der Waals surface area contributed by atoms with Gasteiger partial charge in [0.2, 0.25) is 5.82 Å². The molecule has 0 radical (unpaired) electrons. The van der Waals surface area contributed by atoms with Crippen molar-refractivity contribution in [2.24, 2.45) is 5.92 Å². The molecule has 1 aliphatic rings. The van der Waals surface area contributed by atoms with Gasteiger partial charge in [0.05, 0.1) is 11.0 Å². The highest BCUT2D eigenvalue weighted by Crippen LogP contribution is 2.28. The summed E-state index contributed by atoms with van der Waals surface area (Å²) in [5.41, 5.74) is 0.215. The molecule has 18 heavy (non-hydrogen) atoms. The number of halogens is 1. The van der Waals surface area contributed by atoms with Gasteiger partial charge >= 0.3 is 5.69 Å². The smallest absolute Gasteiger partial charge is 0.304 e. The lowest BCUT2D eigenvalue weighted by molar-refractivity contribution is -0.387. The molecule has 1 fully saturated rings. The first-order valence-electron chi connectivity index (χ1n) is 6.19. The quantitative estimate of drug-likeness (QED) is 0.665. The summed E-state index contributed by atoms with van der Waals surface area (Å²) in [5, 5.41) is 20.3. The topological polar surface area (TPSA) is 63.4 Å². The molecule has 0 saturated heterocycles. The Bertz CT molecular complexity index is 450. The van der Waals surface area contributed by atoms with Gasteiger partial charge < -0.3 is 5.11 Å². The first-order valence-corrected chi connectivity index (χ1v) is 6.19. The summed E-state index contributed by atoms with van der Waals surface area (Å²) in [7, 11) is 0. The molecule has 98 valence electrons. The zero-order chi connectivity index (χ0) is 13.1. The zero-order valence-electron chi connectivity index (χ0n) is 10.0. The molecule has 0 amide bonds. The number of aliphatic hydroxyl groups excluding tert-OH is 1. The van der Waals surface area contributed by atoms with Crippen LogP contribution in [0, 0.1) is 21.8 Å². The van der Waals surface area contributed by atoms with E-state index in [1.165, 1.54) is 12.1 Å². The number of hydrogen-bond acceptors (Lipinski definition) is 3. The summed E-state index contributed by atoms with van der Waals surface area (Å²) in [6, 6.07) is 3.97. The highest BCUT2D eigenvalue weighted by atomic mass is 19.1. The van der Waals surface area contributed by atoms with E-state index in [-0.39, 0.29) is 12.0 Å². The number of hydrogen-bond donors (Lipinski definition) is 1. The summed E-state index contributed by atoms with van der Waals surface area (Å²) in [4.78, 5) is 9.77. The maximum atomic E-state index is 13.4. The third kappa shape index (κ3) is 2.85. The molecule has 0 heterocycles. The Morgan fingerprint density at radius 2 is 2.11 bits per heavy atom. The second kappa shape index (κ2) is 5.44. The fraction of sp³-hybridized carbons (Fsp3) is 0.538. The molecule has 0 spiro atoms. The van der Waals surface area contributed by atoms with Crippen molar-refractivity contribution in [1.29, 1.82) is 0 Å². The Morgan fingerprint density at radius 3 is 2.72 bits per heavy atom. The van der Waals surface area contributed by atoms with Gasteiger partial charge in [-0.1, -0.05) is 18.9 Å². The third-order valence-electron chi connectivity index (χ3n) is 3.58. The number of aliphatic hydroxyl groups is 1. The van der Waals surface area contributed by atoms with Crippen molar-refractivity contribution in [2.75, 3.05) is 0 Å². The predicted molar refractivity (Wildman–Crippen MR) is 64.7 cm³/mol. The van der Waals surface area contributed by atoms with Crippen molar-refractivity contribution in [3.05, 3.63) is 39.7 Å². The van der Waals surface area contributed by atoms with Gasteiger partial charge in [0.1, 0.15) is 0 Å². The van der Waals surface area contributed by atoms with Gasteiger partial charge in [-0.3, -0.25) is 10.1 Å². The Hall–Kier alpha value is -1.49. The standard InChI is InChI=1S/C13H16FNO3/c14-11-8-9(5-6-12(11)15(17)18)7-10-3-1-2-4-13(10)16/h5-6,8,10,13,16H,1-4,7H2. The fourth-order valence-corrected chi connectivity index (χ4v) is 2.55. The lowest BCUT2D eigenvalue weighted by atomic mass is 9.82. The minimum absolute atomic E-state index is 0.139. The van der Waals surface area contributed by atoms with Crippen LogP contribution in [-0.2, 0) is 6.42 Å². The normalized spacial score (nSPS) is 23.9. The molecular weight excluding hydrogens is 237 g/mol. The molecule has 2 rings (SSSR count). The molecule has 2 atom stereocenters. The van der Waals surface area contributed by atoms with Gasteiger partial charge in [-0.25, -0.2) is 0 Å². The van der Waals surface area contributed by atoms with E-state index in [0.29, 0.717) is 12.0 Å². The number of nitrogens with zero attached hydrogens (tertiary/aromatic N) is 1. The van der Waals surface area contributed by atoms with Crippen molar-refractivity contribution in [3.8, 4) is 0 Å². The highest BCUT2D eigenvalue weighted by molar-refractivity contribution is 5.35. The Balaban J connectivity index is 2.10. The summed E-state index contributed by atoms with van der Waals surface area (Å²) in [5.74, 6) is -0.664. The summed E-state index contributed by atoms with van der Waals surface area (Å²) >= 11 is 0. The van der Waals surface area contributed by atoms with E-state index in [9.17, 15) is 19.6 Å². The van der Waals surface area contributed by atoms with Gasteiger partial charge in [0.25, 0.3) is 0 Å². The van der Waals surface area contributed by atoms with Crippen LogP contribution in [0.3, 0.4) is 0 Å². The van der Waals surface area contributed by atoms with Gasteiger partial charge in [-0.15, -0.1) is 0 Å². The minimum Gasteiger partial charge on any atom is -0.393 e. The highest BCUT2D eigenvalue weighted by Gasteiger charge is 2.24. The number of rotatable bonds is 3. The van der Waals surface area contributed by atoms with E-state index < -0.39 is 16.4 Å². The molecule has 1 saturated carbocycles. The number of nitro benzene ring substituents is 1. The van der Waals surface area contributed by atoms with Crippen molar-refractivity contribution in [1.82, 2.24) is 0 Å². The van der Waals surface area contributed by atoms with Crippen molar-refractivity contribution >= 4 is 5.69 Å². The Morgan fingerprint density at radius 1 is 1.39 bits per heavy atom. The molecule has 1 aromatic rings. The first kappa shape index (κ1) is 13.0. The Kier molecular flexibility index (Phi) is 3.91. The molecule has 1 aliphatic carbocycles. The van der Waals surface area contributed by atoms with E-state index in [4.69, 9.17) is 0 Å². The zero-order valence-corrected chi connectivity index (χ0v) is 10.0. The van der Waals surface area contributed by atoms with Crippen LogP contribution < -0.4 is 0 Å². The lowest BCUT2D eigenvalue weighted by Crippen LogP contribution is -2.26. The van der Waals surface area contributed by atoms with Gasteiger partial charge in [-0.05, 0) is 36.8 Å². The maximum absolute atomic E-state index is 13.4. The van der Waals surface area contributed by atoms with Gasteiger partial charge in [0, 0.05) is 6.07 Å². The predicted octanol–water partition coefficient (Wildman–Crippen LogP) is 2.83. The molecule has 1 N–H and O–H groups in total. The fourth-order valence-electron chi connectivity index (χ4n) is 2.55. The molecule has 0 aliphatic heterocycles. The van der Waals surface area contributed by atoms with E-state index in [1.54, 1.807) is 6.07 Å². The molecule has 0 bridgehead atoms. The maximum Gasteiger partial charge on any atom is 0.304 e. The average molecular weight is 253 g/mol. The van der Waals surface area contributed by atoms with E-state index in [1.807, 2.05) is 0 Å². The minimum atomic E-state index is -0.803. The van der Waals surface area contributed by atoms with Crippen LogP contribution in [0.5, 0.6) is 0 Å². The van der Waals surface area contributed by atoms with Crippen molar-refractivity contribution in [3.63, 3.8) is 0 Å². The van der Waals surface area contributed by atoms with Gasteiger partial charge in [-0.2, -0.15) is 4.39 Å². The summed E-state index contributed by atoms with van der Waals surface area (Å²) in [6.45, 7) is 0. The monoisotopic (exact) mass is 253 g/mol. The first-order chi connectivity index (χ1) is 8.58. The third-order valence-corrected chi connectivity index (χ3v) is 3.58. The molecule has 5 heteroatoms. The lowest BCUT2D eigenvalue weighted by Gasteiger charge is -2.27. The molecular formula is C13H16FNO3. The van der Waals surface area contributed by atoms with Crippen molar-refractivity contribution in [2.45, 2.75) is 38.2 Å². The van der Waals surface area contributed by atoms with Crippen LogP contribution >= 0.6 is 0 Å². The average Bonchev–Trinajstić information content (AvgIpc) is 2.32. The SMILES string of the molecule is O=[N+]([O-])c1ccc(CC2CCCCC2O)cc1F. The van der Waals surface area contributed by atoms with Crippen LogP contribution in [0.15, 0.2) is 18.2 Å². The number of nitro groups is 1. The van der Waals surface area contributed by atoms with Gasteiger partial charge in [0.15, 0.2) is 0 Å². The summed E-state index contributed by atoms with van der Waals surface area (Å²) in [6.07, 6.45) is 4.08. The summed E-state index contributed by atoms with van der Waals surface area (Å²) < 4.78 is 13.4. The van der Waals surface area contributed by atoms with Crippen LogP contribution in [0.4, 0.5) is 10.1 Å². The number of benzene rings is 1. The van der Waals surface area contributed by atoms with Crippen molar-refractivity contribution < 1.29 is 14.4 Å². The van der Waals surface area contributed by atoms with E-state index in [2.05, 4.69) is 0 Å². The molecule has 0 aromatic heterocycles.